The number of anilines is 2. The molecule has 1 heterocycles. The molecule has 1 aliphatic heterocycles. The molecule has 0 aliphatic carbocycles. The molecule has 0 spiro atoms. The summed E-state index contributed by atoms with van der Waals surface area (Å²) in [5, 5.41) is 2.81. The third kappa shape index (κ3) is 4.45. The molecule has 1 amide bonds. The Morgan fingerprint density at radius 3 is 2.67 bits per heavy atom. The fourth-order valence-electron chi connectivity index (χ4n) is 2.68. The Morgan fingerprint density at radius 1 is 1.26 bits per heavy atom. The van der Waals surface area contributed by atoms with Gasteiger partial charge >= 0.3 is 0 Å². The van der Waals surface area contributed by atoms with Crippen molar-refractivity contribution in [2.45, 2.75) is 12.5 Å². The highest BCUT2D eigenvalue weighted by atomic mass is 35.5. The molecule has 2 aromatic carbocycles. The van der Waals surface area contributed by atoms with E-state index in [1.807, 2.05) is 0 Å². The molecule has 27 heavy (non-hydrogen) atoms. The van der Waals surface area contributed by atoms with Gasteiger partial charge in [-0.2, -0.15) is 0 Å². The van der Waals surface area contributed by atoms with E-state index < -0.39 is 27.9 Å². The zero-order valence-electron chi connectivity index (χ0n) is 14.1. The van der Waals surface area contributed by atoms with Gasteiger partial charge in [-0.15, -0.1) is 0 Å². The van der Waals surface area contributed by atoms with Gasteiger partial charge in [0.05, 0.1) is 17.0 Å². The Bertz CT molecular complexity index is 1000. The van der Waals surface area contributed by atoms with Crippen LogP contribution in [0.5, 0.6) is 5.75 Å². The average Bonchev–Trinajstić information content (AvgIpc) is 2.77. The lowest BCUT2D eigenvalue weighted by molar-refractivity contribution is -0.122. The molecule has 1 unspecified atom stereocenters. The summed E-state index contributed by atoms with van der Waals surface area (Å²) in [6.45, 7) is 0.0361. The number of rotatable bonds is 3. The lowest BCUT2D eigenvalue weighted by Crippen LogP contribution is -2.36. The Kier molecular flexibility index (Phi) is 5.50. The topological polar surface area (TPSA) is 75.7 Å². The normalized spacial score (nSPS) is 16.9. The number of nitrogens with one attached hydrogen (secondary N) is 1. The average molecular weight is 433 g/mol. The van der Waals surface area contributed by atoms with Crippen LogP contribution in [0.2, 0.25) is 10.0 Å². The summed E-state index contributed by atoms with van der Waals surface area (Å²) in [6.07, 6.45) is 0.221. The van der Waals surface area contributed by atoms with Gasteiger partial charge in [0.25, 0.3) is 5.91 Å². The van der Waals surface area contributed by atoms with E-state index in [4.69, 9.17) is 27.9 Å². The molecule has 0 radical (unpaired) electrons. The summed E-state index contributed by atoms with van der Waals surface area (Å²) >= 11 is 11.7. The second kappa shape index (κ2) is 7.53. The molecule has 0 fully saturated rings. The summed E-state index contributed by atoms with van der Waals surface area (Å²) < 4.78 is 44.4. The Hall–Kier alpha value is -2.03. The first-order chi connectivity index (χ1) is 12.6. The predicted octanol–water partition coefficient (Wildman–Crippen LogP) is 3.69. The van der Waals surface area contributed by atoms with Crippen LogP contribution in [-0.4, -0.2) is 33.2 Å². The second-order valence-electron chi connectivity index (χ2n) is 5.96. The first-order valence-electron chi connectivity index (χ1n) is 7.85. The fourth-order valence-corrected chi connectivity index (χ4v) is 3.96. The molecule has 0 saturated carbocycles. The lowest BCUT2D eigenvalue weighted by Gasteiger charge is -2.21. The zero-order valence-corrected chi connectivity index (χ0v) is 16.4. The number of ether oxygens (including phenoxy) is 1. The molecule has 144 valence electrons. The van der Waals surface area contributed by atoms with Crippen LogP contribution in [0.3, 0.4) is 0 Å². The fraction of sp³-hybridized carbons (Fsp3) is 0.235. The van der Waals surface area contributed by atoms with Gasteiger partial charge in [-0.3, -0.25) is 9.10 Å². The van der Waals surface area contributed by atoms with Crippen molar-refractivity contribution in [1.29, 1.82) is 0 Å². The van der Waals surface area contributed by atoms with Crippen molar-refractivity contribution in [3.63, 3.8) is 0 Å². The van der Waals surface area contributed by atoms with E-state index in [9.17, 15) is 17.6 Å². The number of carbonyl (C=O) groups excluding carboxylic acids is 1. The largest absolute Gasteiger partial charge is 0.478 e. The maximum absolute atomic E-state index is 13.3. The van der Waals surface area contributed by atoms with Gasteiger partial charge in [0.15, 0.2) is 6.10 Å². The summed E-state index contributed by atoms with van der Waals surface area (Å²) in [5.41, 5.74) is 0.570. The van der Waals surface area contributed by atoms with Crippen LogP contribution in [0.1, 0.15) is 6.42 Å². The first kappa shape index (κ1) is 19.7. The number of fused-ring (bicyclic) bond motifs is 1. The number of benzene rings is 2. The standard InChI is InChI=1S/C17H15Cl2FN2O4S/c1-27(24,25)22-7-6-16(26-15-5-2-10(18)8-14(15)22)17(23)21-11-3-4-13(20)12(19)9-11/h2-5,8-9,16H,6-7H2,1H3,(H,21,23). The summed E-state index contributed by atoms with van der Waals surface area (Å²) in [7, 11) is -3.59. The highest BCUT2D eigenvalue weighted by molar-refractivity contribution is 7.92. The van der Waals surface area contributed by atoms with E-state index in [2.05, 4.69) is 5.32 Å². The van der Waals surface area contributed by atoms with E-state index in [1.165, 1.54) is 24.3 Å². The minimum absolute atomic E-state index is 0.0361. The van der Waals surface area contributed by atoms with Gasteiger partial charge in [-0.1, -0.05) is 23.2 Å². The highest BCUT2D eigenvalue weighted by Crippen LogP contribution is 2.36. The van der Waals surface area contributed by atoms with E-state index >= 15 is 0 Å². The zero-order chi connectivity index (χ0) is 19.8. The molecular weight excluding hydrogens is 418 g/mol. The van der Waals surface area contributed by atoms with Gasteiger partial charge in [0.1, 0.15) is 11.6 Å². The van der Waals surface area contributed by atoms with Crippen molar-refractivity contribution in [2.75, 3.05) is 22.4 Å². The molecule has 6 nitrogen and oxygen atoms in total. The number of nitrogens with zero attached hydrogens (tertiary/aromatic N) is 1. The van der Waals surface area contributed by atoms with Crippen molar-refractivity contribution in [2.24, 2.45) is 0 Å². The number of hydrogen-bond acceptors (Lipinski definition) is 4. The van der Waals surface area contributed by atoms with Crippen LogP contribution in [0.25, 0.3) is 0 Å². The number of amides is 1. The number of halogens is 3. The number of carbonyl (C=O) groups is 1. The summed E-state index contributed by atoms with van der Waals surface area (Å²) in [6, 6.07) is 8.30. The Morgan fingerprint density at radius 2 is 2.00 bits per heavy atom. The van der Waals surface area contributed by atoms with Crippen LogP contribution in [0, 0.1) is 5.82 Å². The quantitative estimate of drug-likeness (QED) is 0.802. The van der Waals surface area contributed by atoms with Crippen LogP contribution in [0.15, 0.2) is 36.4 Å². The monoisotopic (exact) mass is 432 g/mol. The van der Waals surface area contributed by atoms with Gasteiger partial charge in [-0.25, -0.2) is 12.8 Å². The molecule has 10 heteroatoms. The first-order valence-corrected chi connectivity index (χ1v) is 10.5. The van der Waals surface area contributed by atoms with Crippen molar-refractivity contribution in [3.05, 3.63) is 52.3 Å². The van der Waals surface area contributed by atoms with Gasteiger partial charge in [0, 0.05) is 23.7 Å². The smallest absolute Gasteiger partial charge is 0.265 e. The molecule has 3 rings (SSSR count). The van der Waals surface area contributed by atoms with Crippen molar-refractivity contribution in [3.8, 4) is 5.75 Å². The molecule has 2 aromatic rings. The minimum atomic E-state index is -3.59. The minimum Gasteiger partial charge on any atom is -0.478 e. The maximum Gasteiger partial charge on any atom is 0.265 e. The lowest BCUT2D eigenvalue weighted by atomic mass is 10.2. The molecule has 1 aliphatic rings. The predicted molar refractivity (Wildman–Crippen MR) is 103 cm³/mol. The van der Waals surface area contributed by atoms with Crippen molar-refractivity contribution in [1.82, 2.24) is 0 Å². The molecule has 0 aromatic heterocycles. The number of hydrogen-bond donors (Lipinski definition) is 1. The third-order valence-electron chi connectivity index (χ3n) is 3.93. The summed E-state index contributed by atoms with van der Waals surface area (Å²) in [4.78, 5) is 12.6. The van der Waals surface area contributed by atoms with E-state index in [1.54, 1.807) is 6.07 Å². The third-order valence-corrected chi connectivity index (χ3v) is 5.64. The van der Waals surface area contributed by atoms with Crippen molar-refractivity contribution < 1.29 is 22.3 Å². The van der Waals surface area contributed by atoms with Crippen LogP contribution in [-0.2, 0) is 14.8 Å². The van der Waals surface area contributed by atoms with E-state index in [-0.39, 0.29) is 29.4 Å². The molecule has 0 saturated heterocycles. The Labute approximate surface area is 165 Å². The molecule has 1 N–H and O–H groups in total. The SMILES string of the molecule is CS(=O)(=O)N1CCC(C(=O)Nc2ccc(F)c(Cl)c2)Oc2ccc(Cl)cc21. The van der Waals surface area contributed by atoms with Gasteiger partial charge < -0.3 is 10.1 Å². The molecule has 0 bridgehead atoms. The second-order valence-corrected chi connectivity index (χ2v) is 8.71. The van der Waals surface area contributed by atoms with Crippen LogP contribution in [0.4, 0.5) is 15.8 Å². The van der Waals surface area contributed by atoms with Gasteiger partial charge in [-0.05, 0) is 36.4 Å². The van der Waals surface area contributed by atoms with Crippen molar-refractivity contribution >= 4 is 50.5 Å². The maximum atomic E-state index is 13.3. The van der Waals surface area contributed by atoms with Crippen LogP contribution < -0.4 is 14.4 Å². The Balaban J connectivity index is 1.87. The summed E-state index contributed by atoms with van der Waals surface area (Å²) in [5.74, 6) is -0.886. The van der Waals surface area contributed by atoms with E-state index in [0.29, 0.717) is 10.7 Å². The van der Waals surface area contributed by atoms with Gasteiger partial charge in [0.2, 0.25) is 10.0 Å². The molecule has 1 atom stereocenters. The van der Waals surface area contributed by atoms with Crippen LogP contribution >= 0.6 is 23.2 Å². The highest BCUT2D eigenvalue weighted by Gasteiger charge is 2.31. The molecular formula is C17H15Cl2FN2O4S. The number of sulfonamides is 1. The van der Waals surface area contributed by atoms with E-state index in [0.717, 1.165) is 16.6 Å².